The predicted molar refractivity (Wildman–Crippen MR) is 191 cm³/mol. The summed E-state index contributed by atoms with van der Waals surface area (Å²) >= 11 is 4.05. The summed E-state index contributed by atoms with van der Waals surface area (Å²) in [7, 11) is 0. The molecule has 0 N–H and O–H groups in total. The van der Waals surface area contributed by atoms with Crippen molar-refractivity contribution in [3.8, 4) is 0 Å². The zero-order chi connectivity index (χ0) is 31.3. The minimum Gasteiger partial charge on any atom is -0.276 e. The first-order valence-electron chi connectivity index (χ1n) is 16.0. The summed E-state index contributed by atoms with van der Waals surface area (Å²) < 4.78 is 2.08. The lowest BCUT2D eigenvalue weighted by Crippen LogP contribution is -2.40. The molecule has 4 aromatic carbocycles. The van der Waals surface area contributed by atoms with E-state index in [0.717, 1.165) is 48.2 Å². The first-order valence-corrected chi connectivity index (χ1v) is 18.3. The molecule has 2 aliphatic rings. The van der Waals surface area contributed by atoms with Gasteiger partial charge in [-0.3, -0.25) is 9.80 Å². The fourth-order valence-corrected chi connectivity index (χ4v) is 8.03. The number of hydrogen-bond donors (Lipinski definition) is 0. The SMILES string of the molecule is Cc1ccc(C(N2CCSCC2)n2nc3ccccc3n2)cc1.Cc1ccc(C(N2CCSCC2)n2nnc3ccccc32)cc1. The van der Waals surface area contributed by atoms with E-state index >= 15 is 0 Å². The summed E-state index contributed by atoms with van der Waals surface area (Å²) in [5, 5.41) is 18.3. The molecule has 2 aliphatic heterocycles. The fourth-order valence-electron chi connectivity index (χ4n) is 6.17. The van der Waals surface area contributed by atoms with Gasteiger partial charge in [0.15, 0.2) is 0 Å². The molecule has 2 atom stereocenters. The number of nitrogens with zero attached hydrogens (tertiary/aromatic N) is 8. The van der Waals surface area contributed by atoms with Crippen LogP contribution in [-0.4, -0.2) is 89.0 Å². The summed E-state index contributed by atoms with van der Waals surface area (Å²) in [5.74, 6) is 4.69. The second-order valence-electron chi connectivity index (χ2n) is 11.9. The monoisotopic (exact) mass is 648 g/mol. The van der Waals surface area contributed by atoms with E-state index in [4.69, 9.17) is 10.2 Å². The van der Waals surface area contributed by atoms with Gasteiger partial charge in [-0.05, 0) is 49.2 Å². The van der Waals surface area contributed by atoms with Gasteiger partial charge in [-0.1, -0.05) is 89.1 Å². The standard InChI is InChI=1S/2C18H20N4S/c1-14-6-8-15(9-7-14)18(21-10-12-23-13-11-21)22-17-5-3-2-4-16(17)19-20-22;1-14-6-8-15(9-7-14)18(21-10-12-23-13-11-21)22-19-16-4-2-3-5-17(16)20-22/h2*2-9,18H,10-13H2,1H3. The molecular weight excluding hydrogens is 609 g/mol. The summed E-state index contributed by atoms with van der Waals surface area (Å²) in [6, 6.07) is 33.8. The van der Waals surface area contributed by atoms with Crippen molar-refractivity contribution >= 4 is 45.6 Å². The summed E-state index contributed by atoms with van der Waals surface area (Å²) in [6.45, 7) is 8.55. The van der Waals surface area contributed by atoms with E-state index in [2.05, 4.69) is 99.3 Å². The third-order valence-electron chi connectivity index (χ3n) is 8.66. The van der Waals surface area contributed by atoms with Crippen LogP contribution in [0.25, 0.3) is 22.1 Å². The topological polar surface area (TPSA) is 67.9 Å². The normalized spacial score (nSPS) is 17.4. The van der Waals surface area contributed by atoms with Crippen molar-refractivity contribution in [3.05, 3.63) is 119 Å². The third-order valence-corrected chi connectivity index (χ3v) is 10.5. The number of aromatic nitrogens is 6. The van der Waals surface area contributed by atoms with Gasteiger partial charge in [0.2, 0.25) is 0 Å². The molecule has 2 unspecified atom stereocenters. The van der Waals surface area contributed by atoms with E-state index in [1.807, 2.05) is 64.7 Å². The van der Waals surface area contributed by atoms with Gasteiger partial charge in [-0.25, -0.2) is 4.68 Å². The molecule has 0 radical (unpaired) electrons. The smallest absolute Gasteiger partial charge is 0.149 e. The van der Waals surface area contributed by atoms with Crippen molar-refractivity contribution in [2.75, 3.05) is 49.2 Å². The summed E-state index contributed by atoms with van der Waals surface area (Å²) in [4.78, 5) is 6.90. The van der Waals surface area contributed by atoms with E-state index in [1.165, 1.54) is 45.3 Å². The molecule has 236 valence electrons. The van der Waals surface area contributed by atoms with Crippen LogP contribution in [0.3, 0.4) is 0 Å². The first-order chi connectivity index (χ1) is 22.6. The lowest BCUT2D eigenvalue weighted by Gasteiger charge is -2.34. The second kappa shape index (κ2) is 14.4. The van der Waals surface area contributed by atoms with Crippen LogP contribution in [0.1, 0.15) is 34.6 Å². The van der Waals surface area contributed by atoms with Crippen LogP contribution >= 0.6 is 23.5 Å². The van der Waals surface area contributed by atoms with E-state index in [0.29, 0.717) is 0 Å². The molecule has 6 aromatic rings. The molecule has 0 bridgehead atoms. The largest absolute Gasteiger partial charge is 0.276 e. The second-order valence-corrected chi connectivity index (χ2v) is 14.3. The van der Waals surface area contributed by atoms with Crippen LogP contribution in [0.15, 0.2) is 97.1 Å². The third kappa shape index (κ3) is 6.85. The Morgan fingerprint density at radius 3 is 1.54 bits per heavy atom. The van der Waals surface area contributed by atoms with Crippen molar-refractivity contribution in [2.24, 2.45) is 0 Å². The minimum atomic E-state index is 0.0731. The molecular formula is C36H40N8S2. The fraction of sp³-hybridized carbons (Fsp3) is 0.333. The Bertz CT molecular complexity index is 1810. The van der Waals surface area contributed by atoms with Crippen LogP contribution in [0.2, 0.25) is 0 Å². The number of rotatable bonds is 6. The predicted octanol–water partition coefficient (Wildman–Crippen LogP) is 6.67. The molecule has 8 rings (SSSR count). The Morgan fingerprint density at radius 1 is 0.543 bits per heavy atom. The zero-order valence-electron chi connectivity index (χ0n) is 26.4. The molecule has 2 aromatic heterocycles. The van der Waals surface area contributed by atoms with Crippen LogP contribution in [0.4, 0.5) is 0 Å². The number of thioether (sulfide) groups is 2. The van der Waals surface area contributed by atoms with Gasteiger partial charge in [0.05, 0.1) is 5.52 Å². The van der Waals surface area contributed by atoms with Gasteiger partial charge in [-0.2, -0.15) is 38.5 Å². The summed E-state index contributed by atoms with van der Waals surface area (Å²) in [6.07, 6.45) is 0.188. The molecule has 2 saturated heterocycles. The minimum absolute atomic E-state index is 0.0731. The first kappa shape index (κ1) is 30.9. The number of aryl methyl sites for hydroxylation is 2. The molecule has 0 amide bonds. The van der Waals surface area contributed by atoms with Crippen LogP contribution in [0.5, 0.6) is 0 Å². The van der Waals surface area contributed by atoms with Gasteiger partial charge >= 0.3 is 0 Å². The van der Waals surface area contributed by atoms with Gasteiger partial charge in [0.25, 0.3) is 0 Å². The van der Waals surface area contributed by atoms with E-state index in [1.54, 1.807) is 0 Å². The zero-order valence-corrected chi connectivity index (χ0v) is 28.1. The highest BCUT2D eigenvalue weighted by Crippen LogP contribution is 2.29. The maximum Gasteiger partial charge on any atom is 0.149 e. The highest BCUT2D eigenvalue weighted by molar-refractivity contribution is 7.99. The average Bonchev–Trinajstić information content (AvgIpc) is 3.73. The molecule has 4 heterocycles. The van der Waals surface area contributed by atoms with E-state index in [-0.39, 0.29) is 12.3 Å². The molecule has 0 aliphatic carbocycles. The molecule has 0 spiro atoms. The van der Waals surface area contributed by atoms with Gasteiger partial charge in [-0.15, -0.1) is 5.10 Å². The Kier molecular flexibility index (Phi) is 9.67. The Hall–Kier alpha value is -3.70. The average molecular weight is 649 g/mol. The highest BCUT2D eigenvalue weighted by atomic mass is 32.2. The van der Waals surface area contributed by atoms with Crippen molar-refractivity contribution in [1.82, 2.24) is 39.8 Å². The maximum absolute atomic E-state index is 4.74. The molecule has 0 saturated carbocycles. The number of hydrogen-bond acceptors (Lipinski definition) is 8. The Balaban J connectivity index is 0.000000147. The van der Waals surface area contributed by atoms with Gasteiger partial charge < -0.3 is 0 Å². The van der Waals surface area contributed by atoms with Crippen molar-refractivity contribution in [1.29, 1.82) is 0 Å². The summed E-state index contributed by atoms with van der Waals surface area (Å²) in [5.41, 5.74) is 9.05. The maximum atomic E-state index is 4.74. The van der Waals surface area contributed by atoms with Crippen LogP contribution < -0.4 is 0 Å². The highest BCUT2D eigenvalue weighted by Gasteiger charge is 2.27. The number of benzene rings is 4. The van der Waals surface area contributed by atoms with Crippen molar-refractivity contribution in [2.45, 2.75) is 26.2 Å². The van der Waals surface area contributed by atoms with E-state index < -0.39 is 0 Å². The molecule has 2 fully saturated rings. The quantitative estimate of drug-likeness (QED) is 0.199. The van der Waals surface area contributed by atoms with Gasteiger partial charge in [0.1, 0.15) is 28.9 Å². The van der Waals surface area contributed by atoms with Crippen LogP contribution in [-0.2, 0) is 0 Å². The van der Waals surface area contributed by atoms with E-state index in [9.17, 15) is 0 Å². The van der Waals surface area contributed by atoms with Crippen molar-refractivity contribution in [3.63, 3.8) is 0 Å². The number of para-hydroxylation sites is 1. The Morgan fingerprint density at radius 2 is 1.00 bits per heavy atom. The lowest BCUT2D eigenvalue weighted by molar-refractivity contribution is 0.162. The van der Waals surface area contributed by atoms with Crippen molar-refractivity contribution < 1.29 is 0 Å². The Labute approximate surface area is 279 Å². The lowest BCUT2D eigenvalue weighted by atomic mass is 10.1. The van der Waals surface area contributed by atoms with Crippen LogP contribution in [0, 0.1) is 13.8 Å². The van der Waals surface area contributed by atoms with Gasteiger partial charge in [0, 0.05) is 49.2 Å². The molecule has 8 nitrogen and oxygen atoms in total. The molecule has 10 heteroatoms. The molecule has 46 heavy (non-hydrogen) atoms. The number of fused-ring (bicyclic) bond motifs is 2.